The second-order valence-corrected chi connectivity index (χ2v) is 6.74. The second-order valence-electron chi connectivity index (χ2n) is 6.74. The van der Waals surface area contributed by atoms with E-state index in [1.54, 1.807) is 0 Å². The summed E-state index contributed by atoms with van der Waals surface area (Å²) in [6.45, 7) is 2.89. The molecule has 0 saturated heterocycles. The monoisotopic (exact) mass is 387 g/mol. The molecule has 0 bridgehead atoms. The van der Waals surface area contributed by atoms with Gasteiger partial charge >= 0.3 is 0 Å². The number of aromatic nitrogens is 4. The third kappa shape index (κ3) is 4.27. The average molecular weight is 388 g/mol. The molecular weight excluding hydrogens is 361 g/mol. The summed E-state index contributed by atoms with van der Waals surface area (Å²) < 4.78 is 2.19. The first kappa shape index (κ1) is 20.0. The number of fused-ring (bicyclic) bond motifs is 1. The molecule has 2 aromatic heterocycles. The van der Waals surface area contributed by atoms with E-state index in [0.717, 1.165) is 49.2 Å². The molecule has 0 atom stereocenters. The number of halogens is 2. The Morgan fingerprint density at radius 3 is 2.48 bits per heavy atom. The lowest BCUT2D eigenvalue weighted by molar-refractivity contribution is 0.410. The highest BCUT2D eigenvalue weighted by atomic mass is 35.5. The summed E-state index contributed by atoms with van der Waals surface area (Å²) in [6, 6.07) is 1.33. The molecule has 2 fully saturated rings. The molecule has 7 nitrogen and oxygen atoms in total. The van der Waals surface area contributed by atoms with Crippen LogP contribution in [0.15, 0.2) is 6.33 Å². The zero-order chi connectivity index (χ0) is 15.8. The molecule has 2 aromatic rings. The predicted octanol–water partition coefficient (Wildman–Crippen LogP) is 3.12. The second kappa shape index (κ2) is 8.38. The molecule has 0 aliphatic heterocycles. The summed E-state index contributed by atoms with van der Waals surface area (Å²) in [5, 5.41) is 6.83. The van der Waals surface area contributed by atoms with Crippen LogP contribution in [0.3, 0.4) is 0 Å². The van der Waals surface area contributed by atoms with Crippen molar-refractivity contribution in [2.24, 2.45) is 5.73 Å². The van der Waals surface area contributed by atoms with Crippen LogP contribution in [-0.4, -0.2) is 38.1 Å². The Morgan fingerprint density at radius 1 is 1.12 bits per heavy atom. The maximum Gasteiger partial charge on any atom is 0.227 e. The van der Waals surface area contributed by atoms with E-state index in [-0.39, 0.29) is 24.8 Å². The van der Waals surface area contributed by atoms with E-state index >= 15 is 0 Å². The van der Waals surface area contributed by atoms with Gasteiger partial charge in [-0.05, 0) is 45.4 Å². The van der Waals surface area contributed by atoms with Crippen LogP contribution < -0.4 is 16.4 Å². The number of hydrogen-bond acceptors (Lipinski definition) is 6. The lowest BCUT2D eigenvalue weighted by Gasteiger charge is -2.26. The standard InChI is InChI=1S/C16H25N7.2ClH/c1-2-18-14-13-15(23(9-19-13)12-7-8-12)22-16(21-14)20-11-5-3-10(17)4-6-11;;/h9-12H,2-8,17H2,1H3,(H2,18,20,21,22);2*1H. The highest BCUT2D eigenvalue weighted by molar-refractivity contribution is 5.86. The smallest absolute Gasteiger partial charge is 0.227 e. The van der Waals surface area contributed by atoms with Crippen molar-refractivity contribution in [1.82, 2.24) is 19.5 Å². The summed E-state index contributed by atoms with van der Waals surface area (Å²) in [4.78, 5) is 13.9. The Kier molecular flexibility index (Phi) is 6.71. The zero-order valence-corrected chi connectivity index (χ0v) is 16.1. The molecule has 9 heteroatoms. The van der Waals surface area contributed by atoms with Crippen molar-refractivity contribution in [1.29, 1.82) is 0 Å². The van der Waals surface area contributed by atoms with Crippen LogP contribution in [0.25, 0.3) is 11.2 Å². The van der Waals surface area contributed by atoms with Crippen LogP contribution in [0.2, 0.25) is 0 Å². The predicted molar refractivity (Wildman–Crippen MR) is 106 cm³/mol. The number of anilines is 2. The van der Waals surface area contributed by atoms with Gasteiger partial charge in [0.2, 0.25) is 5.95 Å². The molecule has 2 heterocycles. The van der Waals surface area contributed by atoms with Gasteiger partial charge in [-0.1, -0.05) is 0 Å². The van der Waals surface area contributed by atoms with Gasteiger partial charge in [-0.25, -0.2) is 4.98 Å². The van der Waals surface area contributed by atoms with Crippen LogP contribution in [0.1, 0.15) is 51.5 Å². The van der Waals surface area contributed by atoms with Gasteiger partial charge in [0.25, 0.3) is 0 Å². The fourth-order valence-corrected chi connectivity index (χ4v) is 3.34. The molecule has 0 unspecified atom stereocenters. The van der Waals surface area contributed by atoms with E-state index in [0.29, 0.717) is 24.1 Å². The van der Waals surface area contributed by atoms with Gasteiger partial charge in [-0.15, -0.1) is 24.8 Å². The molecule has 4 rings (SSSR count). The molecule has 0 aromatic carbocycles. The van der Waals surface area contributed by atoms with Crippen molar-refractivity contribution in [3.8, 4) is 0 Å². The maximum atomic E-state index is 5.99. The molecule has 2 aliphatic rings. The van der Waals surface area contributed by atoms with E-state index in [2.05, 4.69) is 32.1 Å². The number of nitrogens with two attached hydrogens (primary N) is 1. The van der Waals surface area contributed by atoms with Gasteiger partial charge < -0.3 is 20.9 Å². The van der Waals surface area contributed by atoms with Crippen molar-refractivity contribution < 1.29 is 0 Å². The first-order valence-electron chi connectivity index (χ1n) is 8.75. The minimum Gasteiger partial charge on any atom is -0.368 e. The van der Waals surface area contributed by atoms with E-state index in [1.807, 2.05) is 6.33 Å². The van der Waals surface area contributed by atoms with Gasteiger partial charge in [0.1, 0.15) is 0 Å². The Hall–Kier alpha value is -1.31. The number of nitrogens with zero attached hydrogens (tertiary/aromatic N) is 4. The molecule has 25 heavy (non-hydrogen) atoms. The molecule has 2 saturated carbocycles. The molecular formula is C16H27Cl2N7. The first-order valence-corrected chi connectivity index (χ1v) is 8.75. The molecule has 2 aliphatic carbocycles. The Morgan fingerprint density at radius 2 is 1.84 bits per heavy atom. The van der Waals surface area contributed by atoms with Gasteiger partial charge in [0.05, 0.1) is 6.33 Å². The molecule has 4 N–H and O–H groups in total. The van der Waals surface area contributed by atoms with Crippen LogP contribution in [0, 0.1) is 0 Å². The minimum absolute atomic E-state index is 0. The summed E-state index contributed by atoms with van der Waals surface area (Å²) in [7, 11) is 0. The van der Waals surface area contributed by atoms with Crippen molar-refractivity contribution >= 4 is 47.7 Å². The lowest BCUT2D eigenvalue weighted by Crippen LogP contribution is -2.33. The normalized spacial score (nSPS) is 22.8. The number of imidazole rings is 1. The van der Waals surface area contributed by atoms with Crippen LogP contribution in [0.4, 0.5) is 11.8 Å². The number of nitrogens with one attached hydrogen (secondary N) is 2. The van der Waals surface area contributed by atoms with E-state index in [4.69, 9.17) is 10.7 Å². The molecule has 140 valence electrons. The maximum absolute atomic E-state index is 5.99. The average Bonchev–Trinajstić information content (AvgIpc) is 3.30. The SMILES string of the molecule is CCNc1nc(NC2CCC(N)CC2)nc2c1ncn2C1CC1.Cl.Cl. The van der Waals surface area contributed by atoms with Gasteiger partial charge in [0.15, 0.2) is 17.0 Å². The van der Waals surface area contributed by atoms with E-state index in [1.165, 1.54) is 12.8 Å². The molecule has 0 radical (unpaired) electrons. The van der Waals surface area contributed by atoms with Crippen LogP contribution in [0.5, 0.6) is 0 Å². The minimum atomic E-state index is 0. The van der Waals surface area contributed by atoms with Crippen molar-refractivity contribution in [3.05, 3.63) is 6.33 Å². The summed E-state index contributed by atoms with van der Waals surface area (Å²) in [6.07, 6.45) is 8.65. The summed E-state index contributed by atoms with van der Waals surface area (Å²) in [5.74, 6) is 1.53. The van der Waals surface area contributed by atoms with E-state index < -0.39 is 0 Å². The molecule has 0 spiro atoms. The topological polar surface area (TPSA) is 93.7 Å². The van der Waals surface area contributed by atoms with E-state index in [9.17, 15) is 0 Å². The van der Waals surface area contributed by atoms with Crippen LogP contribution in [-0.2, 0) is 0 Å². The van der Waals surface area contributed by atoms with Gasteiger partial charge in [-0.3, -0.25) is 0 Å². The van der Waals surface area contributed by atoms with Crippen molar-refractivity contribution in [3.63, 3.8) is 0 Å². The molecule has 0 amide bonds. The third-order valence-electron chi connectivity index (χ3n) is 4.81. The quantitative estimate of drug-likeness (QED) is 0.729. The van der Waals surface area contributed by atoms with Crippen molar-refractivity contribution in [2.45, 2.75) is 63.6 Å². The van der Waals surface area contributed by atoms with Gasteiger partial charge in [-0.2, -0.15) is 9.97 Å². The Bertz CT molecular complexity index is 693. The highest BCUT2D eigenvalue weighted by Crippen LogP contribution is 2.37. The number of rotatable bonds is 5. The third-order valence-corrected chi connectivity index (χ3v) is 4.81. The zero-order valence-electron chi connectivity index (χ0n) is 14.4. The van der Waals surface area contributed by atoms with Gasteiger partial charge in [0, 0.05) is 24.7 Å². The first-order chi connectivity index (χ1) is 11.2. The van der Waals surface area contributed by atoms with Crippen LogP contribution >= 0.6 is 24.8 Å². The summed E-state index contributed by atoms with van der Waals surface area (Å²) in [5.41, 5.74) is 7.80. The lowest BCUT2D eigenvalue weighted by atomic mass is 9.92. The Balaban J connectivity index is 0.00000113. The Labute approximate surface area is 160 Å². The highest BCUT2D eigenvalue weighted by Gasteiger charge is 2.27. The summed E-state index contributed by atoms with van der Waals surface area (Å²) >= 11 is 0. The largest absolute Gasteiger partial charge is 0.368 e. The van der Waals surface area contributed by atoms with Crippen molar-refractivity contribution in [2.75, 3.05) is 17.2 Å². The number of hydrogen-bond donors (Lipinski definition) is 3. The fraction of sp³-hybridized carbons (Fsp3) is 0.688. The fourth-order valence-electron chi connectivity index (χ4n) is 3.34.